The van der Waals surface area contributed by atoms with E-state index in [4.69, 9.17) is 16.3 Å². The molecule has 0 fully saturated rings. The van der Waals surface area contributed by atoms with Crippen molar-refractivity contribution in [2.75, 3.05) is 17.2 Å². The molecule has 1 aliphatic heterocycles. The molecule has 1 aromatic heterocycles. The number of nitrogens with one attached hydrogen (secondary N) is 2. The fraction of sp³-hybridized carbons (Fsp3) is 0.333. The number of hydrogen-bond acceptors (Lipinski definition) is 7. The third-order valence-electron chi connectivity index (χ3n) is 6.15. The van der Waals surface area contributed by atoms with Crippen LogP contribution in [0.3, 0.4) is 0 Å². The predicted octanol–water partition coefficient (Wildman–Crippen LogP) is 6.42. The summed E-state index contributed by atoms with van der Waals surface area (Å²) in [4.78, 5) is 46.6. The number of thiazole rings is 1. The van der Waals surface area contributed by atoms with Gasteiger partial charge in [0.2, 0.25) is 5.91 Å². The Kier molecular flexibility index (Phi) is 9.08. The molecular formula is C30H33ClN4O4S. The Morgan fingerprint density at radius 1 is 1.10 bits per heavy atom. The fourth-order valence-corrected chi connectivity index (χ4v) is 5.24. The highest BCUT2D eigenvalue weighted by molar-refractivity contribution is 7.13. The van der Waals surface area contributed by atoms with Crippen LogP contribution in [-0.2, 0) is 22.5 Å². The standard InChI is InChI=1S/C30H33ClN4O4S/c1-18(2)35-15-14-23-25(17-35)40-28(34-23)27(37)33-24-16-20(29(38)39-30(3,4)5)7-6-19(24)8-13-26(36)32-22-11-9-21(31)10-12-22/h6-13,16,18H,14-15,17H2,1-5H3,(H,32,36)(H,33,37)/b13-8+. The molecule has 10 heteroatoms. The molecule has 210 valence electrons. The number of ether oxygens (including phenoxy) is 1. The maximum atomic E-state index is 13.3. The number of esters is 1. The SMILES string of the molecule is CC(C)N1CCc2nc(C(=O)Nc3cc(C(=O)OC(C)(C)C)ccc3/C=C/C(=O)Nc3ccc(Cl)cc3)sc2C1. The first-order chi connectivity index (χ1) is 18.9. The zero-order chi connectivity index (χ0) is 29.0. The average molecular weight is 581 g/mol. The Balaban J connectivity index is 1.57. The summed E-state index contributed by atoms with van der Waals surface area (Å²) >= 11 is 7.29. The second-order valence-electron chi connectivity index (χ2n) is 10.8. The van der Waals surface area contributed by atoms with Crippen LogP contribution in [0.15, 0.2) is 48.5 Å². The number of amides is 2. The molecule has 0 unspecified atom stereocenters. The average Bonchev–Trinajstić information content (AvgIpc) is 3.32. The van der Waals surface area contributed by atoms with Gasteiger partial charge in [-0.05, 0) is 82.7 Å². The normalized spacial score (nSPS) is 13.8. The van der Waals surface area contributed by atoms with Gasteiger partial charge in [-0.1, -0.05) is 17.7 Å². The van der Waals surface area contributed by atoms with Crippen molar-refractivity contribution in [1.82, 2.24) is 9.88 Å². The van der Waals surface area contributed by atoms with Crippen LogP contribution in [0.1, 0.15) is 70.9 Å². The molecule has 0 aliphatic carbocycles. The van der Waals surface area contributed by atoms with Gasteiger partial charge in [-0.2, -0.15) is 0 Å². The Labute approximate surface area is 243 Å². The van der Waals surface area contributed by atoms with Crippen molar-refractivity contribution in [3.8, 4) is 0 Å². The van der Waals surface area contributed by atoms with Crippen LogP contribution in [0, 0.1) is 0 Å². The van der Waals surface area contributed by atoms with Gasteiger partial charge in [0.15, 0.2) is 5.01 Å². The van der Waals surface area contributed by atoms with Gasteiger partial charge in [0, 0.05) is 52.9 Å². The summed E-state index contributed by atoms with van der Waals surface area (Å²) in [5, 5.41) is 6.58. The van der Waals surface area contributed by atoms with Gasteiger partial charge in [-0.15, -0.1) is 11.3 Å². The lowest BCUT2D eigenvalue weighted by Crippen LogP contribution is -2.35. The van der Waals surface area contributed by atoms with Crippen LogP contribution >= 0.6 is 22.9 Å². The highest BCUT2D eigenvalue weighted by Gasteiger charge is 2.25. The monoisotopic (exact) mass is 580 g/mol. The number of hydrogen-bond donors (Lipinski definition) is 2. The number of halogens is 1. The molecule has 3 aromatic rings. The zero-order valence-corrected chi connectivity index (χ0v) is 24.8. The molecule has 0 bridgehead atoms. The third-order valence-corrected chi connectivity index (χ3v) is 7.48. The molecule has 2 amide bonds. The van der Waals surface area contributed by atoms with Crippen molar-refractivity contribution in [2.24, 2.45) is 0 Å². The lowest BCUT2D eigenvalue weighted by Gasteiger charge is -2.29. The minimum absolute atomic E-state index is 0.277. The summed E-state index contributed by atoms with van der Waals surface area (Å²) in [6, 6.07) is 12.0. The Morgan fingerprint density at radius 3 is 2.50 bits per heavy atom. The minimum atomic E-state index is -0.678. The molecule has 1 aliphatic rings. The van der Waals surface area contributed by atoms with Crippen molar-refractivity contribution < 1.29 is 19.1 Å². The van der Waals surface area contributed by atoms with Gasteiger partial charge in [-0.3, -0.25) is 14.5 Å². The third kappa shape index (κ3) is 7.78. The molecule has 8 nitrogen and oxygen atoms in total. The molecule has 2 aromatic carbocycles. The van der Waals surface area contributed by atoms with Gasteiger partial charge in [0.25, 0.3) is 5.91 Å². The summed E-state index contributed by atoms with van der Waals surface area (Å²) in [7, 11) is 0. The van der Waals surface area contributed by atoms with E-state index in [1.165, 1.54) is 17.4 Å². The number of carbonyl (C=O) groups is 3. The Morgan fingerprint density at radius 2 is 1.82 bits per heavy atom. The molecular weight excluding hydrogens is 548 g/mol. The molecule has 0 spiro atoms. The number of carbonyl (C=O) groups excluding carboxylic acids is 3. The molecule has 0 radical (unpaired) electrons. The first kappa shape index (κ1) is 29.5. The van der Waals surface area contributed by atoms with E-state index in [1.807, 2.05) is 0 Å². The molecule has 0 atom stereocenters. The molecule has 2 N–H and O–H groups in total. The van der Waals surface area contributed by atoms with E-state index in [1.54, 1.807) is 69.3 Å². The van der Waals surface area contributed by atoms with Gasteiger partial charge in [-0.25, -0.2) is 9.78 Å². The van der Waals surface area contributed by atoms with Crippen LogP contribution in [0.25, 0.3) is 6.08 Å². The lowest BCUT2D eigenvalue weighted by molar-refractivity contribution is -0.111. The predicted molar refractivity (Wildman–Crippen MR) is 160 cm³/mol. The van der Waals surface area contributed by atoms with E-state index >= 15 is 0 Å². The maximum Gasteiger partial charge on any atom is 0.338 e. The largest absolute Gasteiger partial charge is 0.456 e. The summed E-state index contributed by atoms with van der Waals surface area (Å²) in [6.07, 6.45) is 3.73. The van der Waals surface area contributed by atoms with Crippen LogP contribution in [-0.4, -0.2) is 45.9 Å². The number of aromatic nitrogens is 1. The first-order valence-electron chi connectivity index (χ1n) is 13.0. The molecule has 0 saturated carbocycles. The second-order valence-corrected chi connectivity index (χ2v) is 12.3. The quantitative estimate of drug-likeness (QED) is 0.247. The van der Waals surface area contributed by atoms with E-state index in [9.17, 15) is 14.4 Å². The van der Waals surface area contributed by atoms with E-state index < -0.39 is 11.6 Å². The number of fused-ring (bicyclic) bond motifs is 1. The smallest absolute Gasteiger partial charge is 0.338 e. The molecule has 4 rings (SSSR count). The molecule has 0 saturated heterocycles. The second kappa shape index (κ2) is 12.3. The number of benzene rings is 2. The van der Waals surface area contributed by atoms with Gasteiger partial charge in [0.1, 0.15) is 5.60 Å². The fourth-order valence-electron chi connectivity index (χ4n) is 4.09. The van der Waals surface area contributed by atoms with Gasteiger partial charge in [0.05, 0.1) is 11.3 Å². The summed E-state index contributed by atoms with van der Waals surface area (Å²) in [5.74, 6) is -1.26. The van der Waals surface area contributed by atoms with Gasteiger partial charge >= 0.3 is 5.97 Å². The van der Waals surface area contributed by atoms with Crippen molar-refractivity contribution in [1.29, 1.82) is 0 Å². The number of rotatable bonds is 7. The number of anilines is 2. The van der Waals surface area contributed by atoms with E-state index in [0.717, 1.165) is 30.1 Å². The number of nitrogens with zero attached hydrogens (tertiary/aromatic N) is 2. The van der Waals surface area contributed by atoms with Gasteiger partial charge < -0.3 is 15.4 Å². The molecule has 2 heterocycles. The summed E-state index contributed by atoms with van der Waals surface area (Å²) < 4.78 is 5.51. The Bertz CT molecular complexity index is 1440. The van der Waals surface area contributed by atoms with E-state index in [0.29, 0.717) is 33.0 Å². The van der Waals surface area contributed by atoms with Crippen molar-refractivity contribution in [3.63, 3.8) is 0 Å². The summed E-state index contributed by atoms with van der Waals surface area (Å²) in [5.41, 5.74) is 2.05. The van der Waals surface area contributed by atoms with Crippen LogP contribution in [0.4, 0.5) is 11.4 Å². The zero-order valence-electron chi connectivity index (χ0n) is 23.2. The maximum absolute atomic E-state index is 13.3. The van der Waals surface area contributed by atoms with Crippen molar-refractivity contribution in [3.05, 3.63) is 80.3 Å². The van der Waals surface area contributed by atoms with Crippen molar-refractivity contribution in [2.45, 2.75) is 59.2 Å². The van der Waals surface area contributed by atoms with E-state index in [2.05, 4.69) is 34.4 Å². The van der Waals surface area contributed by atoms with Crippen LogP contribution in [0.2, 0.25) is 5.02 Å². The van der Waals surface area contributed by atoms with E-state index in [-0.39, 0.29) is 17.4 Å². The van der Waals surface area contributed by atoms with Crippen LogP contribution in [0.5, 0.6) is 0 Å². The minimum Gasteiger partial charge on any atom is -0.456 e. The van der Waals surface area contributed by atoms with Crippen molar-refractivity contribution >= 4 is 58.2 Å². The first-order valence-corrected chi connectivity index (χ1v) is 14.2. The Hall–Kier alpha value is -3.53. The highest BCUT2D eigenvalue weighted by atomic mass is 35.5. The molecule has 40 heavy (non-hydrogen) atoms. The topological polar surface area (TPSA) is 101 Å². The highest BCUT2D eigenvalue weighted by Crippen LogP contribution is 2.28. The lowest BCUT2D eigenvalue weighted by atomic mass is 10.1. The van der Waals surface area contributed by atoms with Crippen LogP contribution < -0.4 is 10.6 Å². The summed E-state index contributed by atoms with van der Waals surface area (Å²) in [6.45, 7) is 11.3.